The zero-order chi connectivity index (χ0) is 15.6. The summed E-state index contributed by atoms with van der Waals surface area (Å²) < 4.78 is 0. The van der Waals surface area contributed by atoms with E-state index >= 15 is 0 Å². The second-order valence-corrected chi connectivity index (χ2v) is 7.96. The third-order valence-corrected chi connectivity index (χ3v) is 5.24. The fourth-order valence-electron chi connectivity index (χ4n) is 3.54. The molecule has 0 bridgehead atoms. The molecule has 0 radical (unpaired) electrons. The summed E-state index contributed by atoms with van der Waals surface area (Å²) in [4.78, 5) is 23.3. The molecule has 2 saturated carbocycles. The topological polar surface area (TPSA) is 66.4 Å². The standard InChI is InChI=1S/C17H29NO3/c1-17(2,3)13-8-6-12(7-9-13)16(21)18-14(10-15(19)20)11-4-5-11/h11-14H,4-10H2,1-3H3,(H,18,21)(H,19,20). The number of carbonyl (C=O) groups is 2. The number of hydrogen-bond donors (Lipinski definition) is 2. The van der Waals surface area contributed by atoms with E-state index in [4.69, 9.17) is 5.11 Å². The number of carboxylic acids is 1. The van der Waals surface area contributed by atoms with Crippen LogP contribution in [0.4, 0.5) is 0 Å². The zero-order valence-corrected chi connectivity index (χ0v) is 13.5. The first-order valence-corrected chi connectivity index (χ1v) is 8.29. The van der Waals surface area contributed by atoms with Crippen molar-refractivity contribution in [1.29, 1.82) is 0 Å². The van der Waals surface area contributed by atoms with Gasteiger partial charge in [0.25, 0.3) is 0 Å². The SMILES string of the molecule is CC(C)(C)C1CCC(C(=O)NC(CC(=O)O)C2CC2)CC1. The summed E-state index contributed by atoms with van der Waals surface area (Å²) in [6.07, 6.45) is 6.26. The van der Waals surface area contributed by atoms with Gasteiger partial charge in [-0.2, -0.15) is 0 Å². The van der Waals surface area contributed by atoms with E-state index in [9.17, 15) is 9.59 Å². The quantitative estimate of drug-likeness (QED) is 0.818. The highest BCUT2D eigenvalue weighted by atomic mass is 16.4. The van der Waals surface area contributed by atoms with Crippen molar-refractivity contribution in [1.82, 2.24) is 5.32 Å². The molecule has 120 valence electrons. The molecule has 4 heteroatoms. The van der Waals surface area contributed by atoms with Gasteiger partial charge in [0.15, 0.2) is 0 Å². The Kier molecular flexibility index (Phi) is 4.95. The second-order valence-electron chi connectivity index (χ2n) is 7.96. The molecule has 0 spiro atoms. The van der Waals surface area contributed by atoms with Gasteiger partial charge in [-0.3, -0.25) is 9.59 Å². The van der Waals surface area contributed by atoms with Crippen molar-refractivity contribution in [2.45, 2.75) is 71.8 Å². The van der Waals surface area contributed by atoms with E-state index in [2.05, 4.69) is 26.1 Å². The maximum Gasteiger partial charge on any atom is 0.305 e. The molecular formula is C17H29NO3. The van der Waals surface area contributed by atoms with Crippen molar-refractivity contribution in [3.63, 3.8) is 0 Å². The number of amides is 1. The molecule has 2 rings (SSSR count). The van der Waals surface area contributed by atoms with Crippen LogP contribution in [0.3, 0.4) is 0 Å². The Morgan fingerprint density at radius 1 is 1.10 bits per heavy atom. The molecule has 0 heterocycles. The van der Waals surface area contributed by atoms with Crippen LogP contribution >= 0.6 is 0 Å². The van der Waals surface area contributed by atoms with Crippen molar-refractivity contribution in [3.05, 3.63) is 0 Å². The Bertz CT molecular complexity index is 387. The molecule has 2 aliphatic rings. The third-order valence-electron chi connectivity index (χ3n) is 5.24. The molecule has 1 unspecified atom stereocenters. The van der Waals surface area contributed by atoms with Crippen LogP contribution in [-0.4, -0.2) is 23.0 Å². The normalized spacial score (nSPS) is 28.0. The third kappa shape index (κ3) is 4.72. The molecule has 21 heavy (non-hydrogen) atoms. The summed E-state index contributed by atoms with van der Waals surface area (Å²) in [5, 5.41) is 12.0. The highest BCUT2D eigenvalue weighted by molar-refractivity contribution is 5.80. The van der Waals surface area contributed by atoms with Gasteiger partial charge in [-0.25, -0.2) is 0 Å². The molecule has 2 fully saturated rings. The summed E-state index contributed by atoms with van der Waals surface area (Å²) in [5.41, 5.74) is 0.321. The summed E-state index contributed by atoms with van der Waals surface area (Å²) in [7, 11) is 0. The van der Waals surface area contributed by atoms with Gasteiger partial charge >= 0.3 is 5.97 Å². The number of carbonyl (C=O) groups excluding carboxylic acids is 1. The van der Waals surface area contributed by atoms with Gasteiger partial charge in [0, 0.05) is 12.0 Å². The minimum atomic E-state index is -0.816. The van der Waals surface area contributed by atoms with E-state index in [1.54, 1.807) is 0 Å². The van der Waals surface area contributed by atoms with Crippen LogP contribution in [0, 0.1) is 23.2 Å². The summed E-state index contributed by atoms with van der Waals surface area (Å²) in [6.45, 7) is 6.82. The Morgan fingerprint density at radius 2 is 1.67 bits per heavy atom. The molecule has 0 saturated heterocycles. The Labute approximate surface area is 127 Å². The van der Waals surface area contributed by atoms with E-state index in [1.807, 2.05) is 0 Å². The number of aliphatic carboxylic acids is 1. The maximum absolute atomic E-state index is 12.4. The minimum Gasteiger partial charge on any atom is -0.481 e. The molecule has 0 aromatic heterocycles. The number of rotatable bonds is 5. The van der Waals surface area contributed by atoms with Gasteiger partial charge in [0.05, 0.1) is 6.42 Å². The predicted molar refractivity (Wildman–Crippen MR) is 81.8 cm³/mol. The minimum absolute atomic E-state index is 0.0632. The monoisotopic (exact) mass is 295 g/mol. The van der Waals surface area contributed by atoms with Crippen LogP contribution in [0.15, 0.2) is 0 Å². The molecule has 1 atom stereocenters. The van der Waals surface area contributed by atoms with Crippen LogP contribution in [0.25, 0.3) is 0 Å². The highest BCUT2D eigenvalue weighted by Crippen LogP contribution is 2.40. The van der Waals surface area contributed by atoms with E-state index in [0.717, 1.165) is 38.5 Å². The number of nitrogens with one attached hydrogen (secondary N) is 1. The summed E-state index contributed by atoms with van der Waals surface area (Å²) in [5.74, 6) is 0.429. The molecule has 0 aliphatic heterocycles. The van der Waals surface area contributed by atoms with Crippen molar-refractivity contribution < 1.29 is 14.7 Å². The van der Waals surface area contributed by atoms with Crippen LogP contribution in [0.2, 0.25) is 0 Å². The van der Waals surface area contributed by atoms with Gasteiger partial charge < -0.3 is 10.4 Å². The molecular weight excluding hydrogens is 266 g/mol. The first-order chi connectivity index (χ1) is 9.77. The van der Waals surface area contributed by atoms with Crippen LogP contribution in [0.1, 0.15) is 65.7 Å². The van der Waals surface area contributed by atoms with Gasteiger partial charge in [0.1, 0.15) is 0 Å². The average Bonchev–Trinajstić information content (AvgIpc) is 3.20. The number of hydrogen-bond acceptors (Lipinski definition) is 2. The first-order valence-electron chi connectivity index (χ1n) is 8.29. The summed E-state index contributed by atoms with van der Waals surface area (Å²) >= 11 is 0. The Morgan fingerprint density at radius 3 is 2.10 bits per heavy atom. The summed E-state index contributed by atoms with van der Waals surface area (Å²) in [6, 6.07) is -0.157. The lowest BCUT2D eigenvalue weighted by atomic mass is 9.69. The number of carboxylic acid groups (broad SMARTS) is 1. The fourth-order valence-corrected chi connectivity index (χ4v) is 3.54. The van der Waals surface area contributed by atoms with Gasteiger partial charge in [0.2, 0.25) is 5.91 Å². The Hall–Kier alpha value is -1.06. The van der Waals surface area contributed by atoms with Gasteiger partial charge in [-0.1, -0.05) is 20.8 Å². The molecule has 0 aromatic rings. The molecule has 2 N–H and O–H groups in total. The zero-order valence-electron chi connectivity index (χ0n) is 13.5. The van der Waals surface area contributed by atoms with Crippen molar-refractivity contribution >= 4 is 11.9 Å². The van der Waals surface area contributed by atoms with Crippen molar-refractivity contribution in [2.75, 3.05) is 0 Å². The molecule has 2 aliphatic carbocycles. The van der Waals surface area contributed by atoms with Gasteiger partial charge in [-0.05, 0) is 55.8 Å². The first kappa shape index (κ1) is 16.3. The Balaban J connectivity index is 1.82. The van der Waals surface area contributed by atoms with Crippen LogP contribution < -0.4 is 5.32 Å². The van der Waals surface area contributed by atoms with E-state index < -0.39 is 5.97 Å². The van der Waals surface area contributed by atoms with Crippen LogP contribution in [0.5, 0.6) is 0 Å². The predicted octanol–water partition coefficient (Wildman–Crippen LogP) is 3.21. The van der Waals surface area contributed by atoms with Crippen LogP contribution in [-0.2, 0) is 9.59 Å². The van der Waals surface area contributed by atoms with E-state index in [-0.39, 0.29) is 24.3 Å². The molecule has 1 amide bonds. The van der Waals surface area contributed by atoms with Crippen molar-refractivity contribution in [3.8, 4) is 0 Å². The van der Waals surface area contributed by atoms with E-state index in [1.165, 1.54) is 0 Å². The smallest absolute Gasteiger partial charge is 0.305 e. The lowest BCUT2D eigenvalue weighted by molar-refractivity contribution is -0.138. The van der Waals surface area contributed by atoms with E-state index in [0.29, 0.717) is 17.3 Å². The maximum atomic E-state index is 12.4. The molecule has 4 nitrogen and oxygen atoms in total. The second kappa shape index (κ2) is 6.37. The lowest BCUT2D eigenvalue weighted by Crippen LogP contribution is -2.42. The largest absolute Gasteiger partial charge is 0.481 e. The lowest BCUT2D eigenvalue weighted by Gasteiger charge is -2.36. The highest BCUT2D eigenvalue weighted by Gasteiger charge is 2.37. The average molecular weight is 295 g/mol. The van der Waals surface area contributed by atoms with Gasteiger partial charge in [-0.15, -0.1) is 0 Å². The fraction of sp³-hybridized carbons (Fsp3) is 0.882. The van der Waals surface area contributed by atoms with Crippen molar-refractivity contribution in [2.24, 2.45) is 23.2 Å². The molecule has 0 aromatic carbocycles.